The summed E-state index contributed by atoms with van der Waals surface area (Å²) >= 11 is 0. The predicted molar refractivity (Wildman–Crippen MR) is 107 cm³/mol. The van der Waals surface area contributed by atoms with Gasteiger partial charge in [0.2, 0.25) is 5.91 Å². The smallest absolute Gasteiger partial charge is 0.242 e. The van der Waals surface area contributed by atoms with Gasteiger partial charge in [-0.2, -0.15) is 0 Å². The van der Waals surface area contributed by atoms with Gasteiger partial charge in [-0.1, -0.05) is 42.5 Å². The molecular formula is C22H27N3O2. The molecule has 2 aliphatic rings. The molecular weight excluding hydrogens is 338 g/mol. The lowest BCUT2D eigenvalue weighted by Crippen LogP contribution is -2.53. The molecule has 27 heavy (non-hydrogen) atoms. The van der Waals surface area contributed by atoms with E-state index in [1.165, 1.54) is 11.1 Å². The molecule has 1 N–H and O–H groups in total. The summed E-state index contributed by atoms with van der Waals surface area (Å²) in [7, 11) is 0. The number of rotatable bonds is 5. The van der Waals surface area contributed by atoms with Crippen molar-refractivity contribution in [2.24, 2.45) is 0 Å². The van der Waals surface area contributed by atoms with E-state index in [-0.39, 0.29) is 5.91 Å². The number of hydrogen-bond acceptors (Lipinski definition) is 4. The molecule has 0 aliphatic carbocycles. The highest BCUT2D eigenvalue weighted by molar-refractivity contribution is 5.82. The minimum Gasteiger partial charge on any atom is -0.390 e. The molecule has 1 fully saturated rings. The van der Waals surface area contributed by atoms with E-state index in [1.807, 2.05) is 35.2 Å². The third-order valence-electron chi connectivity index (χ3n) is 5.55. The highest BCUT2D eigenvalue weighted by atomic mass is 16.3. The van der Waals surface area contributed by atoms with Crippen molar-refractivity contribution in [3.05, 3.63) is 65.7 Å². The van der Waals surface area contributed by atoms with Gasteiger partial charge in [-0.05, 0) is 29.7 Å². The van der Waals surface area contributed by atoms with Crippen molar-refractivity contribution < 1.29 is 9.90 Å². The van der Waals surface area contributed by atoms with Gasteiger partial charge < -0.3 is 14.9 Å². The van der Waals surface area contributed by atoms with Crippen molar-refractivity contribution in [1.82, 2.24) is 9.80 Å². The topological polar surface area (TPSA) is 47.0 Å². The molecule has 0 radical (unpaired) electrons. The Morgan fingerprint density at radius 1 is 0.852 bits per heavy atom. The molecule has 1 saturated heterocycles. The van der Waals surface area contributed by atoms with Crippen LogP contribution in [0.5, 0.6) is 0 Å². The fourth-order valence-corrected chi connectivity index (χ4v) is 4.08. The second-order valence-corrected chi connectivity index (χ2v) is 7.50. The quantitative estimate of drug-likeness (QED) is 0.877. The van der Waals surface area contributed by atoms with Crippen LogP contribution in [0.2, 0.25) is 0 Å². The van der Waals surface area contributed by atoms with Gasteiger partial charge in [0, 0.05) is 45.0 Å². The Labute approximate surface area is 160 Å². The molecule has 2 heterocycles. The van der Waals surface area contributed by atoms with Crippen LogP contribution in [0.15, 0.2) is 54.6 Å². The summed E-state index contributed by atoms with van der Waals surface area (Å²) < 4.78 is 0. The summed E-state index contributed by atoms with van der Waals surface area (Å²) in [6.07, 6.45) is 0.514. The first-order valence-corrected chi connectivity index (χ1v) is 9.74. The molecule has 1 amide bonds. The molecule has 0 unspecified atom stereocenters. The Hall–Kier alpha value is -2.37. The lowest BCUT2D eigenvalue weighted by Gasteiger charge is -2.37. The Morgan fingerprint density at radius 3 is 2.37 bits per heavy atom. The van der Waals surface area contributed by atoms with Crippen LogP contribution in [-0.4, -0.2) is 66.2 Å². The number of aliphatic hydroxyl groups excluding tert-OH is 1. The van der Waals surface area contributed by atoms with Crippen LogP contribution >= 0.6 is 0 Å². The van der Waals surface area contributed by atoms with E-state index in [0.29, 0.717) is 26.2 Å². The maximum atomic E-state index is 12.5. The van der Waals surface area contributed by atoms with Crippen molar-refractivity contribution in [2.45, 2.75) is 19.1 Å². The van der Waals surface area contributed by atoms with Gasteiger partial charge in [0.25, 0.3) is 0 Å². The van der Waals surface area contributed by atoms with Crippen LogP contribution in [0.25, 0.3) is 0 Å². The zero-order chi connectivity index (χ0) is 18.6. The van der Waals surface area contributed by atoms with Crippen molar-refractivity contribution >= 4 is 11.6 Å². The van der Waals surface area contributed by atoms with Gasteiger partial charge in [0.05, 0.1) is 12.6 Å². The van der Waals surface area contributed by atoms with Crippen molar-refractivity contribution in [1.29, 1.82) is 0 Å². The largest absolute Gasteiger partial charge is 0.390 e. The molecule has 2 aliphatic heterocycles. The summed E-state index contributed by atoms with van der Waals surface area (Å²) in [5, 5.41) is 10.6. The zero-order valence-corrected chi connectivity index (χ0v) is 15.6. The fraction of sp³-hybridized carbons (Fsp3) is 0.409. The van der Waals surface area contributed by atoms with Crippen LogP contribution in [0.1, 0.15) is 11.1 Å². The van der Waals surface area contributed by atoms with Crippen molar-refractivity contribution in [3.63, 3.8) is 0 Å². The van der Waals surface area contributed by atoms with Gasteiger partial charge in [0.15, 0.2) is 0 Å². The maximum Gasteiger partial charge on any atom is 0.242 e. The van der Waals surface area contributed by atoms with Crippen LogP contribution in [0.4, 0.5) is 5.69 Å². The molecule has 4 rings (SSSR count). The first kappa shape index (κ1) is 18.0. The van der Waals surface area contributed by atoms with Crippen LogP contribution in [0, 0.1) is 0 Å². The molecule has 2 aromatic rings. The number of benzene rings is 2. The standard InChI is InChI=1S/C22H27N3O2/c26-21(15-23-11-10-18-6-4-5-7-19(18)14-23)16-25-13-12-24(17-22(25)27)20-8-2-1-3-9-20/h1-9,21,26H,10-17H2/t21-/m1/s1. The van der Waals surface area contributed by atoms with Gasteiger partial charge in [-0.15, -0.1) is 0 Å². The summed E-state index contributed by atoms with van der Waals surface area (Å²) in [6, 6.07) is 18.6. The minimum atomic E-state index is -0.512. The number of anilines is 1. The monoisotopic (exact) mass is 365 g/mol. The Bertz CT molecular complexity index is 780. The first-order chi connectivity index (χ1) is 13.2. The number of β-amino-alcohol motifs (C(OH)–C–C–N with tert-alkyl or cyclic N) is 1. The molecule has 1 atom stereocenters. The highest BCUT2D eigenvalue weighted by Gasteiger charge is 2.27. The van der Waals surface area contributed by atoms with Crippen molar-refractivity contribution in [3.8, 4) is 0 Å². The number of amides is 1. The second kappa shape index (κ2) is 8.11. The SMILES string of the molecule is O=C1CN(c2ccccc2)CCN1C[C@H](O)CN1CCc2ccccc2C1. The summed E-state index contributed by atoms with van der Waals surface area (Å²) in [4.78, 5) is 18.7. The van der Waals surface area contributed by atoms with E-state index in [1.54, 1.807) is 0 Å². The number of piperazine rings is 1. The first-order valence-electron chi connectivity index (χ1n) is 9.74. The molecule has 0 aromatic heterocycles. The fourth-order valence-electron chi connectivity index (χ4n) is 4.08. The Balaban J connectivity index is 1.28. The van der Waals surface area contributed by atoms with Gasteiger partial charge in [-0.25, -0.2) is 0 Å². The van der Waals surface area contributed by atoms with Gasteiger partial charge >= 0.3 is 0 Å². The summed E-state index contributed by atoms with van der Waals surface area (Å²) in [5.41, 5.74) is 3.84. The normalized spacial score (nSPS) is 19.1. The van der Waals surface area contributed by atoms with Crippen LogP contribution in [0.3, 0.4) is 0 Å². The number of carbonyl (C=O) groups is 1. The van der Waals surface area contributed by atoms with Crippen LogP contribution in [-0.2, 0) is 17.8 Å². The van der Waals surface area contributed by atoms with Gasteiger partial charge in [0.1, 0.15) is 0 Å². The lowest BCUT2D eigenvalue weighted by molar-refractivity contribution is -0.132. The molecule has 142 valence electrons. The van der Waals surface area contributed by atoms with E-state index in [9.17, 15) is 9.90 Å². The van der Waals surface area contributed by atoms with E-state index < -0.39 is 6.10 Å². The summed E-state index contributed by atoms with van der Waals surface area (Å²) in [6.45, 7) is 4.72. The zero-order valence-electron chi connectivity index (χ0n) is 15.6. The second-order valence-electron chi connectivity index (χ2n) is 7.50. The van der Waals surface area contributed by atoms with E-state index in [4.69, 9.17) is 0 Å². The van der Waals surface area contributed by atoms with Crippen LogP contribution < -0.4 is 4.90 Å². The minimum absolute atomic E-state index is 0.0909. The number of aliphatic hydroxyl groups is 1. The lowest BCUT2D eigenvalue weighted by atomic mass is 10.00. The average Bonchev–Trinajstić information content (AvgIpc) is 2.70. The van der Waals surface area contributed by atoms with E-state index >= 15 is 0 Å². The Morgan fingerprint density at radius 2 is 1.59 bits per heavy atom. The van der Waals surface area contributed by atoms with Gasteiger partial charge in [-0.3, -0.25) is 9.69 Å². The number of carbonyl (C=O) groups excluding carboxylic acids is 1. The Kier molecular flexibility index (Phi) is 5.41. The molecule has 0 spiro atoms. The van der Waals surface area contributed by atoms with Crippen molar-refractivity contribution in [2.75, 3.05) is 44.2 Å². The number of fused-ring (bicyclic) bond motifs is 1. The average molecular weight is 365 g/mol. The molecule has 5 nitrogen and oxygen atoms in total. The predicted octanol–water partition coefficient (Wildman–Crippen LogP) is 1.75. The molecule has 0 bridgehead atoms. The van der Waals surface area contributed by atoms with E-state index in [0.717, 1.165) is 31.7 Å². The molecule has 5 heteroatoms. The number of hydrogen-bond donors (Lipinski definition) is 1. The molecule has 0 saturated carbocycles. The molecule has 2 aromatic carbocycles. The number of nitrogens with zero attached hydrogens (tertiary/aromatic N) is 3. The maximum absolute atomic E-state index is 12.5. The number of para-hydroxylation sites is 1. The van der Waals surface area contributed by atoms with E-state index in [2.05, 4.69) is 34.1 Å². The third kappa shape index (κ3) is 4.31. The summed E-state index contributed by atoms with van der Waals surface area (Å²) in [5.74, 6) is 0.0909. The highest BCUT2D eigenvalue weighted by Crippen LogP contribution is 2.19. The third-order valence-corrected chi connectivity index (χ3v) is 5.55.